The SMILES string of the molecule is O1C2C1C21C2OC21. The van der Waals surface area contributed by atoms with Gasteiger partial charge in [0.25, 0.3) is 0 Å². The van der Waals surface area contributed by atoms with Crippen molar-refractivity contribution in [3.63, 3.8) is 0 Å². The van der Waals surface area contributed by atoms with Gasteiger partial charge in [0.2, 0.25) is 0 Å². The lowest BCUT2D eigenvalue weighted by Gasteiger charge is -2.02. The first-order valence-electron chi connectivity index (χ1n) is 2.76. The van der Waals surface area contributed by atoms with Gasteiger partial charge in [-0.05, 0) is 0 Å². The van der Waals surface area contributed by atoms with Gasteiger partial charge in [0, 0.05) is 0 Å². The van der Waals surface area contributed by atoms with Gasteiger partial charge in [-0.15, -0.1) is 0 Å². The molecular formula is C5H4O2. The van der Waals surface area contributed by atoms with Crippen molar-refractivity contribution in [2.45, 2.75) is 24.4 Å². The summed E-state index contributed by atoms with van der Waals surface area (Å²) in [4.78, 5) is 0. The molecule has 2 aliphatic heterocycles. The largest absolute Gasteiger partial charge is 0.368 e. The van der Waals surface area contributed by atoms with E-state index in [4.69, 9.17) is 9.47 Å². The van der Waals surface area contributed by atoms with Crippen molar-refractivity contribution in [3.8, 4) is 0 Å². The van der Waals surface area contributed by atoms with E-state index in [1.165, 1.54) is 0 Å². The van der Waals surface area contributed by atoms with E-state index in [0.29, 0.717) is 29.8 Å². The quantitative estimate of drug-likeness (QED) is 0.381. The Balaban J connectivity index is 1.97. The zero-order chi connectivity index (χ0) is 4.22. The van der Waals surface area contributed by atoms with Gasteiger partial charge < -0.3 is 9.47 Å². The van der Waals surface area contributed by atoms with Gasteiger partial charge in [0.05, 0.1) is 29.8 Å². The average Bonchev–Trinajstić information content (AvgIpc) is 2.20. The number of fused-ring (bicyclic) bond motifs is 6. The van der Waals surface area contributed by atoms with Gasteiger partial charge in [-0.25, -0.2) is 0 Å². The van der Waals surface area contributed by atoms with E-state index < -0.39 is 0 Å². The fraction of sp³-hybridized carbons (Fsp3) is 1.00. The summed E-state index contributed by atoms with van der Waals surface area (Å²) in [6.07, 6.45) is 2.71. The normalized spacial score (nSPS) is 96.0. The van der Waals surface area contributed by atoms with E-state index in [2.05, 4.69) is 0 Å². The average molecular weight is 96.1 g/mol. The maximum absolute atomic E-state index is 5.10. The van der Waals surface area contributed by atoms with Crippen LogP contribution in [0.1, 0.15) is 0 Å². The van der Waals surface area contributed by atoms with Crippen molar-refractivity contribution in [2.75, 3.05) is 0 Å². The molecule has 1 spiro atoms. The molecule has 0 aromatic carbocycles. The third-order valence-electron chi connectivity index (χ3n) is 2.74. The number of epoxide rings is 2. The summed E-state index contributed by atoms with van der Waals surface area (Å²) in [7, 11) is 0. The first kappa shape index (κ1) is 2.46. The zero-order valence-corrected chi connectivity index (χ0v) is 3.63. The van der Waals surface area contributed by atoms with Crippen LogP contribution in [0.3, 0.4) is 0 Å². The van der Waals surface area contributed by atoms with Gasteiger partial charge in [-0.1, -0.05) is 0 Å². The predicted molar refractivity (Wildman–Crippen MR) is 19.8 cm³/mol. The third-order valence-corrected chi connectivity index (χ3v) is 2.74. The van der Waals surface area contributed by atoms with Crippen LogP contribution < -0.4 is 0 Å². The molecule has 0 N–H and O–H groups in total. The molecule has 0 aromatic rings. The minimum absolute atomic E-state index is 0.667. The molecule has 4 fully saturated rings. The van der Waals surface area contributed by atoms with Gasteiger partial charge in [0.15, 0.2) is 0 Å². The van der Waals surface area contributed by atoms with Crippen LogP contribution in [0.4, 0.5) is 0 Å². The molecule has 2 nitrogen and oxygen atoms in total. The van der Waals surface area contributed by atoms with Gasteiger partial charge >= 0.3 is 0 Å². The smallest absolute Gasteiger partial charge is 0.0985 e. The molecule has 36 valence electrons. The van der Waals surface area contributed by atoms with Crippen molar-refractivity contribution in [1.29, 1.82) is 0 Å². The highest BCUT2D eigenvalue weighted by molar-refractivity contribution is 5.49. The fourth-order valence-electron chi connectivity index (χ4n) is 1.92. The van der Waals surface area contributed by atoms with Crippen LogP contribution in [0.5, 0.6) is 0 Å². The minimum Gasteiger partial charge on any atom is -0.368 e. The standard InChI is InChI=1S/C5H4O2/c6-1-2(6)5(1)3-4(5)7-3/h1-4H. The molecule has 0 radical (unpaired) electrons. The number of rotatable bonds is 0. The highest BCUT2D eigenvalue weighted by Crippen LogP contribution is 2.87. The highest BCUT2D eigenvalue weighted by atomic mass is 16.7. The molecule has 0 amide bonds. The van der Waals surface area contributed by atoms with Crippen molar-refractivity contribution in [1.82, 2.24) is 0 Å². The Labute approximate surface area is 40.4 Å². The summed E-state index contributed by atoms with van der Waals surface area (Å²) in [5.41, 5.74) is 0.667. The van der Waals surface area contributed by atoms with Crippen molar-refractivity contribution >= 4 is 0 Å². The van der Waals surface area contributed by atoms with E-state index in [9.17, 15) is 0 Å². The second-order valence-electron chi connectivity index (χ2n) is 2.95. The first-order chi connectivity index (χ1) is 3.45. The highest BCUT2D eigenvalue weighted by Gasteiger charge is 3.04. The third kappa shape index (κ3) is 0.0893. The summed E-state index contributed by atoms with van der Waals surface area (Å²) >= 11 is 0. The monoisotopic (exact) mass is 96.0 g/mol. The van der Waals surface area contributed by atoms with Crippen LogP contribution in [0.25, 0.3) is 0 Å². The van der Waals surface area contributed by atoms with Crippen molar-refractivity contribution in [2.24, 2.45) is 5.41 Å². The molecule has 7 heavy (non-hydrogen) atoms. The molecule has 2 aliphatic carbocycles. The Morgan fingerprint density at radius 1 is 0.857 bits per heavy atom. The summed E-state index contributed by atoms with van der Waals surface area (Å²) in [6, 6.07) is 0. The van der Waals surface area contributed by atoms with Crippen LogP contribution in [-0.4, -0.2) is 24.4 Å². The Kier molecular flexibility index (Phi) is 0.127. The van der Waals surface area contributed by atoms with Crippen LogP contribution in [0.15, 0.2) is 0 Å². The van der Waals surface area contributed by atoms with Gasteiger partial charge in [-0.2, -0.15) is 0 Å². The second-order valence-corrected chi connectivity index (χ2v) is 2.95. The maximum atomic E-state index is 5.10. The lowest BCUT2D eigenvalue weighted by Crippen LogP contribution is -2.10. The van der Waals surface area contributed by atoms with Gasteiger partial charge in [-0.3, -0.25) is 0 Å². The summed E-state index contributed by atoms with van der Waals surface area (Å²) in [6.45, 7) is 0. The molecule has 4 unspecified atom stereocenters. The van der Waals surface area contributed by atoms with Gasteiger partial charge in [0.1, 0.15) is 0 Å². The van der Waals surface area contributed by atoms with Crippen LogP contribution >= 0.6 is 0 Å². The second kappa shape index (κ2) is 0.361. The Bertz CT molecular complexity index is 137. The molecule has 4 rings (SSSR count). The number of hydrogen-bond acceptors (Lipinski definition) is 2. The zero-order valence-electron chi connectivity index (χ0n) is 3.63. The summed E-state index contributed by atoms with van der Waals surface area (Å²) in [5, 5.41) is 0. The van der Waals surface area contributed by atoms with Crippen LogP contribution in [0.2, 0.25) is 0 Å². The van der Waals surface area contributed by atoms with Crippen LogP contribution in [-0.2, 0) is 9.47 Å². The molecule has 4 aliphatic rings. The molecule has 2 saturated carbocycles. The topological polar surface area (TPSA) is 25.1 Å². The first-order valence-corrected chi connectivity index (χ1v) is 2.76. The minimum atomic E-state index is 0.667. The molecule has 4 atom stereocenters. The molecule has 2 heterocycles. The molecule has 2 heteroatoms. The Hall–Kier alpha value is -0.0800. The Morgan fingerprint density at radius 2 is 1.29 bits per heavy atom. The molecule has 0 aromatic heterocycles. The molecule has 0 bridgehead atoms. The lowest BCUT2D eigenvalue weighted by atomic mass is 10.3. The fourth-order valence-corrected chi connectivity index (χ4v) is 1.92. The van der Waals surface area contributed by atoms with E-state index >= 15 is 0 Å². The number of ether oxygens (including phenoxy) is 2. The number of hydrogen-bond donors (Lipinski definition) is 0. The summed E-state index contributed by atoms with van der Waals surface area (Å²) in [5.74, 6) is 0. The van der Waals surface area contributed by atoms with E-state index in [0.717, 1.165) is 0 Å². The summed E-state index contributed by atoms with van der Waals surface area (Å²) < 4.78 is 10.2. The van der Waals surface area contributed by atoms with E-state index in [1.807, 2.05) is 0 Å². The van der Waals surface area contributed by atoms with Crippen LogP contribution in [0, 0.1) is 5.41 Å². The van der Waals surface area contributed by atoms with E-state index in [-0.39, 0.29) is 0 Å². The molecule has 2 saturated heterocycles. The van der Waals surface area contributed by atoms with Crippen molar-refractivity contribution < 1.29 is 9.47 Å². The van der Waals surface area contributed by atoms with Crippen molar-refractivity contribution in [3.05, 3.63) is 0 Å². The Morgan fingerprint density at radius 3 is 1.29 bits per heavy atom. The maximum Gasteiger partial charge on any atom is 0.0985 e. The predicted octanol–water partition coefficient (Wildman–Crippen LogP) is -0.465. The van der Waals surface area contributed by atoms with E-state index in [1.54, 1.807) is 0 Å². The lowest BCUT2D eigenvalue weighted by molar-refractivity contribution is 0.0703. The molecular weight excluding hydrogens is 92.1 g/mol.